The van der Waals surface area contributed by atoms with Crippen molar-refractivity contribution in [2.75, 3.05) is 27.2 Å². The molecule has 0 rings (SSSR count). The number of allylic oxidation sites excluding steroid dienone is 1. The molecule has 0 bridgehead atoms. The second kappa shape index (κ2) is 19.1. The van der Waals surface area contributed by atoms with Gasteiger partial charge in [0.2, 0.25) is 0 Å². The third kappa shape index (κ3) is 28.1. The largest absolute Gasteiger partial charge is 0.478 e. The monoisotopic (exact) mass is 301 g/mol. The van der Waals surface area contributed by atoms with Crippen LogP contribution in [0.25, 0.3) is 0 Å². The summed E-state index contributed by atoms with van der Waals surface area (Å²) in [7, 11) is 3.85. The van der Waals surface area contributed by atoms with Crippen LogP contribution in [0.2, 0.25) is 0 Å². The van der Waals surface area contributed by atoms with Gasteiger partial charge >= 0.3 is 5.97 Å². The molecule has 21 heavy (non-hydrogen) atoms. The number of rotatable bonds is 12. The Morgan fingerprint density at radius 1 is 1.00 bits per heavy atom. The molecule has 0 saturated carbocycles. The zero-order valence-corrected chi connectivity index (χ0v) is 14.2. The molecule has 0 unspecified atom stereocenters. The van der Waals surface area contributed by atoms with Gasteiger partial charge in [-0.25, -0.2) is 4.79 Å². The summed E-state index contributed by atoms with van der Waals surface area (Å²) in [5.41, 5.74) is 0. The Kier molecular flexibility index (Phi) is 20.4. The van der Waals surface area contributed by atoms with E-state index in [0.29, 0.717) is 0 Å². The number of nitrogens with zero attached hydrogens (tertiary/aromatic N) is 1. The van der Waals surface area contributed by atoms with Gasteiger partial charge in [-0.15, -0.1) is 0 Å². The van der Waals surface area contributed by atoms with Crippen molar-refractivity contribution in [2.45, 2.75) is 64.7 Å². The number of hydrogen-bond acceptors (Lipinski definition) is 3. The smallest absolute Gasteiger partial charge is 0.327 e. The van der Waals surface area contributed by atoms with Crippen LogP contribution in [-0.2, 0) is 4.79 Å². The third-order valence-electron chi connectivity index (χ3n) is 3.03. The first kappa shape index (κ1) is 22.4. The van der Waals surface area contributed by atoms with Crippen molar-refractivity contribution >= 4 is 5.97 Å². The number of unbranched alkanes of at least 4 members (excludes halogenated alkanes) is 8. The molecule has 0 aromatic rings. The average molecular weight is 301 g/mol. The quantitative estimate of drug-likeness (QED) is 0.426. The number of aliphatic hydroxyl groups is 1. The summed E-state index contributed by atoms with van der Waals surface area (Å²) in [6.45, 7) is 3.25. The van der Waals surface area contributed by atoms with E-state index in [1.54, 1.807) is 6.08 Å². The van der Waals surface area contributed by atoms with Gasteiger partial charge in [0, 0.05) is 12.6 Å². The van der Waals surface area contributed by atoms with Crippen LogP contribution in [0, 0.1) is 0 Å². The molecular weight excluding hydrogens is 266 g/mol. The van der Waals surface area contributed by atoms with Gasteiger partial charge in [-0.2, -0.15) is 0 Å². The molecule has 0 aliphatic carbocycles. The number of carboxylic acids is 1. The van der Waals surface area contributed by atoms with Crippen LogP contribution in [0.15, 0.2) is 12.2 Å². The van der Waals surface area contributed by atoms with Crippen LogP contribution in [0.1, 0.15) is 64.7 Å². The van der Waals surface area contributed by atoms with Crippen LogP contribution in [-0.4, -0.2) is 48.3 Å². The summed E-state index contributed by atoms with van der Waals surface area (Å²) >= 11 is 0. The van der Waals surface area contributed by atoms with Crippen LogP contribution < -0.4 is 0 Å². The zero-order chi connectivity index (χ0) is 16.3. The molecule has 0 aliphatic rings. The molecule has 0 heterocycles. The number of carbonyl (C=O) groups is 1. The highest BCUT2D eigenvalue weighted by Gasteiger charge is 1.90. The fourth-order valence-electron chi connectivity index (χ4n) is 1.78. The molecule has 0 aliphatic heterocycles. The van der Waals surface area contributed by atoms with Gasteiger partial charge in [0.1, 0.15) is 0 Å². The second-order valence-electron chi connectivity index (χ2n) is 5.53. The Morgan fingerprint density at radius 3 is 1.90 bits per heavy atom. The zero-order valence-electron chi connectivity index (χ0n) is 14.2. The first-order valence-electron chi connectivity index (χ1n) is 8.19. The van der Waals surface area contributed by atoms with Crippen molar-refractivity contribution in [2.24, 2.45) is 0 Å². The minimum absolute atomic E-state index is 0.257. The van der Waals surface area contributed by atoms with Crippen LogP contribution in [0.5, 0.6) is 0 Å². The van der Waals surface area contributed by atoms with Crippen LogP contribution in [0.4, 0.5) is 0 Å². The van der Waals surface area contributed by atoms with Gasteiger partial charge < -0.3 is 15.1 Å². The van der Waals surface area contributed by atoms with Crippen molar-refractivity contribution in [3.63, 3.8) is 0 Å². The molecule has 2 N–H and O–H groups in total. The molecule has 0 amide bonds. The van der Waals surface area contributed by atoms with E-state index in [2.05, 4.69) is 6.92 Å². The van der Waals surface area contributed by atoms with Gasteiger partial charge in [-0.3, -0.25) is 0 Å². The SMILES string of the molecule is CCCCCCCCCCC=CC(=O)O.CN(C)CCO. The molecule has 0 aromatic heterocycles. The van der Waals surface area contributed by atoms with Gasteiger partial charge in [0.15, 0.2) is 0 Å². The summed E-state index contributed by atoms with van der Waals surface area (Å²) in [4.78, 5) is 12.1. The topological polar surface area (TPSA) is 60.8 Å². The van der Waals surface area contributed by atoms with Gasteiger partial charge in [-0.05, 0) is 26.9 Å². The Bertz CT molecular complexity index is 240. The highest BCUT2D eigenvalue weighted by atomic mass is 16.4. The van der Waals surface area contributed by atoms with E-state index < -0.39 is 5.97 Å². The van der Waals surface area contributed by atoms with E-state index in [-0.39, 0.29) is 6.61 Å². The van der Waals surface area contributed by atoms with E-state index in [4.69, 9.17) is 10.2 Å². The Morgan fingerprint density at radius 2 is 1.52 bits per heavy atom. The number of likely N-dealkylation sites (N-methyl/N-ethyl adjacent to an activating group) is 1. The van der Waals surface area contributed by atoms with Gasteiger partial charge in [0.05, 0.1) is 6.61 Å². The standard InChI is InChI=1S/C13H24O2.C4H11NO/c1-2-3-4-5-6-7-8-9-10-11-12-13(14)15;1-5(2)3-4-6/h11-12H,2-10H2,1H3,(H,14,15);6H,3-4H2,1-2H3. The highest BCUT2D eigenvalue weighted by molar-refractivity contribution is 5.79. The average Bonchev–Trinajstić information content (AvgIpc) is 2.41. The summed E-state index contributed by atoms with van der Waals surface area (Å²) in [5, 5.41) is 16.5. The van der Waals surface area contributed by atoms with E-state index in [9.17, 15) is 4.79 Å². The third-order valence-corrected chi connectivity index (χ3v) is 3.03. The normalized spacial score (nSPS) is 10.7. The minimum Gasteiger partial charge on any atom is -0.478 e. The maximum Gasteiger partial charge on any atom is 0.327 e. The summed E-state index contributed by atoms with van der Waals surface area (Å²) < 4.78 is 0. The Labute approximate surface area is 130 Å². The number of carboxylic acid groups (broad SMARTS) is 1. The molecule has 0 saturated heterocycles. The van der Waals surface area contributed by atoms with E-state index in [1.165, 1.54) is 51.0 Å². The first-order valence-corrected chi connectivity index (χ1v) is 8.19. The van der Waals surface area contributed by atoms with Crippen LogP contribution >= 0.6 is 0 Å². The lowest BCUT2D eigenvalue weighted by Gasteiger charge is -2.03. The molecule has 0 aromatic carbocycles. The van der Waals surface area contributed by atoms with Gasteiger partial charge in [-0.1, -0.05) is 57.9 Å². The van der Waals surface area contributed by atoms with Crippen molar-refractivity contribution in [1.82, 2.24) is 4.90 Å². The first-order chi connectivity index (χ1) is 10.0. The predicted molar refractivity (Wildman–Crippen MR) is 89.6 cm³/mol. The van der Waals surface area contributed by atoms with Crippen molar-refractivity contribution < 1.29 is 15.0 Å². The molecule has 0 radical (unpaired) electrons. The van der Waals surface area contributed by atoms with E-state index in [0.717, 1.165) is 19.4 Å². The number of hydrogen-bond donors (Lipinski definition) is 2. The number of aliphatic hydroxyl groups excluding tert-OH is 1. The van der Waals surface area contributed by atoms with E-state index >= 15 is 0 Å². The highest BCUT2D eigenvalue weighted by Crippen LogP contribution is 2.09. The molecule has 0 fully saturated rings. The predicted octanol–water partition coefficient (Wildman–Crippen LogP) is 3.70. The lowest BCUT2D eigenvalue weighted by Crippen LogP contribution is -2.15. The summed E-state index contributed by atoms with van der Waals surface area (Å²) in [5.74, 6) is -0.838. The molecule has 4 heteroatoms. The summed E-state index contributed by atoms with van der Waals surface area (Å²) in [6, 6.07) is 0. The maximum atomic E-state index is 10.1. The molecule has 126 valence electrons. The molecule has 0 spiro atoms. The lowest BCUT2D eigenvalue weighted by molar-refractivity contribution is -0.131. The Balaban J connectivity index is 0. The fraction of sp³-hybridized carbons (Fsp3) is 0.824. The second-order valence-corrected chi connectivity index (χ2v) is 5.53. The fourth-order valence-corrected chi connectivity index (χ4v) is 1.78. The van der Waals surface area contributed by atoms with Gasteiger partial charge in [0.25, 0.3) is 0 Å². The maximum absolute atomic E-state index is 10.1. The summed E-state index contributed by atoms with van der Waals surface area (Å²) in [6.07, 6.45) is 14.3. The molecule has 4 nitrogen and oxygen atoms in total. The van der Waals surface area contributed by atoms with Crippen LogP contribution in [0.3, 0.4) is 0 Å². The number of aliphatic carboxylic acids is 1. The minimum atomic E-state index is -0.838. The van der Waals surface area contributed by atoms with Crippen molar-refractivity contribution in [3.8, 4) is 0 Å². The van der Waals surface area contributed by atoms with Crippen molar-refractivity contribution in [1.29, 1.82) is 0 Å². The van der Waals surface area contributed by atoms with E-state index in [1.807, 2.05) is 19.0 Å². The van der Waals surface area contributed by atoms with Crippen molar-refractivity contribution in [3.05, 3.63) is 12.2 Å². The molecular formula is C17H35NO3. The molecule has 0 atom stereocenters. The Hall–Kier alpha value is -0.870. The lowest BCUT2D eigenvalue weighted by atomic mass is 10.1.